The molecule has 0 bridgehead atoms. The summed E-state index contributed by atoms with van der Waals surface area (Å²) in [5.41, 5.74) is 2.10. The number of fused-ring (bicyclic) bond motifs is 1. The Morgan fingerprint density at radius 2 is 2.05 bits per heavy atom. The number of anilines is 1. The van der Waals surface area contributed by atoms with Crippen LogP contribution < -0.4 is 5.32 Å². The Morgan fingerprint density at radius 1 is 1.25 bits per heavy atom. The molecule has 0 spiro atoms. The number of hydrogen-bond acceptors (Lipinski definition) is 3. The molecule has 0 radical (unpaired) electrons. The fourth-order valence-corrected chi connectivity index (χ4v) is 2.34. The van der Waals surface area contributed by atoms with Gasteiger partial charge < -0.3 is 9.73 Å². The molecule has 0 aliphatic heterocycles. The van der Waals surface area contributed by atoms with Crippen LogP contribution >= 0.6 is 15.9 Å². The lowest BCUT2D eigenvalue weighted by Crippen LogP contribution is -2.12. The third kappa shape index (κ3) is 2.44. The van der Waals surface area contributed by atoms with E-state index in [0.717, 1.165) is 15.7 Å². The molecule has 1 amide bonds. The summed E-state index contributed by atoms with van der Waals surface area (Å²) in [6.07, 6.45) is 0. The van der Waals surface area contributed by atoms with E-state index in [9.17, 15) is 4.79 Å². The van der Waals surface area contributed by atoms with Gasteiger partial charge in [-0.3, -0.25) is 4.79 Å². The van der Waals surface area contributed by atoms with Gasteiger partial charge in [-0.15, -0.1) is 0 Å². The van der Waals surface area contributed by atoms with Crippen molar-refractivity contribution < 1.29 is 9.21 Å². The van der Waals surface area contributed by atoms with Crippen LogP contribution in [0.15, 0.2) is 51.5 Å². The number of furan rings is 1. The second-order valence-electron chi connectivity index (χ2n) is 4.37. The second kappa shape index (κ2) is 5.09. The number of nitrogens with zero attached hydrogens (tertiary/aromatic N) is 1. The molecule has 0 fully saturated rings. The van der Waals surface area contributed by atoms with Crippen molar-refractivity contribution in [2.45, 2.75) is 6.92 Å². The Morgan fingerprint density at radius 3 is 2.80 bits per heavy atom. The highest BCUT2D eigenvalue weighted by atomic mass is 79.9. The van der Waals surface area contributed by atoms with Crippen LogP contribution in [0, 0.1) is 6.92 Å². The molecule has 1 N–H and O–H groups in total. The van der Waals surface area contributed by atoms with E-state index < -0.39 is 0 Å². The zero-order chi connectivity index (χ0) is 14.1. The first-order valence-corrected chi connectivity index (χ1v) is 6.86. The molecule has 0 saturated heterocycles. The fraction of sp³-hybridized carbons (Fsp3) is 0.0667. The molecule has 0 atom stereocenters. The van der Waals surface area contributed by atoms with E-state index in [1.807, 2.05) is 31.2 Å². The van der Waals surface area contributed by atoms with E-state index in [4.69, 9.17) is 4.42 Å². The van der Waals surface area contributed by atoms with Gasteiger partial charge in [0.25, 0.3) is 5.91 Å². The number of aromatic nitrogens is 1. The molecule has 0 unspecified atom stereocenters. The van der Waals surface area contributed by atoms with Crippen LogP contribution in [0.3, 0.4) is 0 Å². The second-order valence-corrected chi connectivity index (χ2v) is 5.18. The fourth-order valence-electron chi connectivity index (χ4n) is 1.94. The van der Waals surface area contributed by atoms with E-state index in [1.165, 1.54) is 0 Å². The number of benzene rings is 1. The van der Waals surface area contributed by atoms with Gasteiger partial charge in [0, 0.05) is 5.39 Å². The van der Waals surface area contributed by atoms with E-state index in [1.54, 1.807) is 18.2 Å². The van der Waals surface area contributed by atoms with Crippen molar-refractivity contribution in [3.63, 3.8) is 0 Å². The Balaban J connectivity index is 1.89. The van der Waals surface area contributed by atoms with Gasteiger partial charge >= 0.3 is 0 Å². The average molecular weight is 331 g/mol. The van der Waals surface area contributed by atoms with Crippen molar-refractivity contribution in [3.8, 4) is 0 Å². The number of halogens is 1. The topological polar surface area (TPSA) is 55.1 Å². The van der Waals surface area contributed by atoms with Gasteiger partial charge in [-0.2, -0.15) is 0 Å². The monoisotopic (exact) mass is 330 g/mol. The molecule has 0 aliphatic carbocycles. The largest absolute Gasteiger partial charge is 0.451 e. The maximum absolute atomic E-state index is 12.2. The minimum absolute atomic E-state index is 0.284. The first kappa shape index (κ1) is 12.9. The summed E-state index contributed by atoms with van der Waals surface area (Å²) in [7, 11) is 0. The van der Waals surface area contributed by atoms with Crippen LogP contribution in [0.2, 0.25) is 0 Å². The Bertz CT molecular complexity index is 762. The van der Waals surface area contributed by atoms with Crippen LogP contribution in [-0.4, -0.2) is 10.9 Å². The maximum atomic E-state index is 12.2. The molecule has 3 aromatic rings. The van der Waals surface area contributed by atoms with Gasteiger partial charge in [0.2, 0.25) is 0 Å². The Kier molecular flexibility index (Phi) is 3.28. The van der Waals surface area contributed by atoms with E-state index in [0.29, 0.717) is 11.3 Å². The number of para-hydroxylation sites is 1. The lowest BCUT2D eigenvalue weighted by molar-refractivity contribution is 0.0998. The zero-order valence-corrected chi connectivity index (χ0v) is 12.3. The third-order valence-electron chi connectivity index (χ3n) is 2.95. The summed E-state index contributed by atoms with van der Waals surface area (Å²) >= 11 is 3.29. The highest BCUT2D eigenvalue weighted by molar-refractivity contribution is 9.10. The molecule has 3 rings (SSSR count). The molecule has 4 nitrogen and oxygen atoms in total. The highest BCUT2D eigenvalue weighted by Crippen LogP contribution is 2.21. The van der Waals surface area contributed by atoms with Crippen molar-refractivity contribution >= 4 is 38.5 Å². The maximum Gasteiger partial charge on any atom is 0.291 e. The van der Waals surface area contributed by atoms with Crippen molar-refractivity contribution in [3.05, 3.63) is 58.5 Å². The van der Waals surface area contributed by atoms with E-state index in [-0.39, 0.29) is 11.7 Å². The summed E-state index contributed by atoms with van der Waals surface area (Å²) in [6.45, 7) is 1.83. The molecule has 0 saturated carbocycles. The number of hydrogen-bond donors (Lipinski definition) is 1. The van der Waals surface area contributed by atoms with Crippen molar-refractivity contribution in [1.82, 2.24) is 4.98 Å². The van der Waals surface area contributed by atoms with Crippen molar-refractivity contribution in [2.75, 3.05) is 5.32 Å². The van der Waals surface area contributed by atoms with E-state index >= 15 is 0 Å². The number of pyridine rings is 1. The first-order valence-electron chi connectivity index (χ1n) is 6.06. The van der Waals surface area contributed by atoms with Crippen LogP contribution in [0.25, 0.3) is 11.0 Å². The summed E-state index contributed by atoms with van der Waals surface area (Å²) in [4.78, 5) is 16.4. The molecule has 5 heteroatoms. The average Bonchev–Trinajstić information content (AvgIpc) is 2.86. The van der Waals surface area contributed by atoms with Crippen molar-refractivity contribution in [1.29, 1.82) is 0 Å². The minimum atomic E-state index is -0.284. The highest BCUT2D eigenvalue weighted by Gasteiger charge is 2.13. The predicted octanol–water partition coefficient (Wildman–Crippen LogP) is 4.15. The molecule has 100 valence electrons. The SMILES string of the molecule is Cc1nc(Br)ccc1NC(=O)c1cc2ccccc2o1. The van der Waals surface area contributed by atoms with Gasteiger partial charge in [0.05, 0.1) is 11.4 Å². The van der Waals surface area contributed by atoms with Crippen LogP contribution in [-0.2, 0) is 0 Å². The van der Waals surface area contributed by atoms with Gasteiger partial charge in [-0.05, 0) is 47.1 Å². The summed E-state index contributed by atoms with van der Waals surface area (Å²) in [5, 5.41) is 3.70. The zero-order valence-electron chi connectivity index (χ0n) is 10.7. The third-order valence-corrected chi connectivity index (χ3v) is 3.39. The van der Waals surface area contributed by atoms with Gasteiger partial charge in [0.1, 0.15) is 10.2 Å². The number of nitrogens with one attached hydrogen (secondary N) is 1. The van der Waals surface area contributed by atoms with Crippen LogP contribution in [0.4, 0.5) is 5.69 Å². The quantitative estimate of drug-likeness (QED) is 0.718. The lowest BCUT2D eigenvalue weighted by atomic mass is 10.2. The molecule has 2 heterocycles. The summed E-state index contributed by atoms with van der Waals surface area (Å²) in [5.74, 6) is 0.00180. The molecule has 1 aromatic carbocycles. The number of carbonyl (C=O) groups is 1. The Hall–Kier alpha value is -2.14. The smallest absolute Gasteiger partial charge is 0.291 e. The van der Waals surface area contributed by atoms with Crippen LogP contribution in [0.1, 0.15) is 16.2 Å². The normalized spacial score (nSPS) is 10.7. The molecule has 20 heavy (non-hydrogen) atoms. The lowest BCUT2D eigenvalue weighted by Gasteiger charge is -2.06. The standard InChI is InChI=1S/C15H11BrN2O2/c1-9-11(6-7-14(16)17-9)18-15(19)13-8-10-4-2-3-5-12(10)20-13/h2-8H,1H3,(H,18,19). The van der Waals surface area contributed by atoms with Gasteiger partial charge in [0.15, 0.2) is 5.76 Å². The van der Waals surface area contributed by atoms with Crippen molar-refractivity contribution in [2.24, 2.45) is 0 Å². The minimum Gasteiger partial charge on any atom is -0.451 e. The molecule has 0 aliphatic rings. The summed E-state index contributed by atoms with van der Waals surface area (Å²) in [6, 6.07) is 12.8. The van der Waals surface area contributed by atoms with Gasteiger partial charge in [-0.25, -0.2) is 4.98 Å². The van der Waals surface area contributed by atoms with E-state index in [2.05, 4.69) is 26.2 Å². The summed E-state index contributed by atoms with van der Waals surface area (Å²) < 4.78 is 6.26. The van der Waals surface area contributed by atoms with Crippen LogP contribution in [0.5, 0.6) is 0 Å². The molecular formula is C15H11BrN2O2. The first-order chi connectivity index (χ1) is 9.63. The molecular weight excluding hydrogens is 320 g/mol. The number of aryl methyl sites for hydroxylation is 1. The number of amides is 1. The number of carbonyl (C=O) groups excluding carboxylic acids is 1. The predicted molar refractivity (Wildman–Crippen MR) is 80.8 cm³/mol. The molecule has 2 aromatic heterocycles. The van der Waals surface area contributed by atoms with Gasteiger partial charge in [-0.1, -0.05) is 18.2 Å². The number of rotatable bonds is 2. The Labute approximate surface area is 123 Å².